The third kappa shape index (κ3) is 10.4. The SMILES string of the molecule is C(=CC=Cc1ccc(N(c2ccccc2)c2ccc(-c3cc4cc(N(c5ccccc5)c5ccc(C=CC=CC=Cc6ccccc6)c6ccccc56)ccc4o3)cc2)c2ccccc12)C=Cc1ccccc1. The summed E-state index contributed by atoms with van der Waals surface area (Å²) in [5.74, 6) is 0.814. The number of nitrogens with zero attached hydrogens (tertiary/aromatic N) is 2. The summed E-state index contributed by atoms with van der Waals surface area (Å²) in [7, 11) is 0. The molecule has 0 saturated carbocycles. The summed E-state index contributed by atoms with van der Waals surface area (Å²) in [6.45, 7) is 0. The number of rotatable bonds is 15. The van der Waals surface area contributed by atoms with Gasteiger partial charge in [-0.15, -0.1) is 0 Å². The minimum atomic E-state index is 0.814. The number of fused-ring (bicyclic) bond motifs is 3. The molecular weight excluding hydrogens is 885 g/mol. The van der Waals surface area contributed by atoms with Crippen LogP contribution >= 0.6 is 0 Å². The highest BCUT2D eigenvalue weighted by molar-refractivity contribution is 6.05. The number of para-hydroxylation sites is 2. The van der Waals surface area contributed by atoms with Crippen molar-refractivity contribution in [3.05, 3.63) is 314 Å². The highest BCUT2D eigenvalue weighted by Gasteiger charge is 2.20. The van der Waals surface area contributed by atoms with Crippen molar-refractivity contribution >= 4 is 90.9 Å². The number of hydrogen-bond donors (Lipinski definition) is 0. The molecule has 0 unspecified atom stereocenters. The molecule has 1 aromatic heterocycles. The fraction of sp³-hybridized carbons (Fsp3) is 0. The topological polar surface area (TPSA) is 19.6 Å². The van der Waals surface area contributed by atoms with Gasteiger partial charge in [-0.25, -0.2) is 0 Å². The van der Waals surface area contributed by atoms with E-state index in [1.54, 1.807) is 0 Å². The minimum absolute atomic E-state index is 0.814. The summed E-state index contributed by atoms with van der Waals surface area (Å²) in [4.78, 5) is 4.69. The van der Waals surface area contributed by atoms with Crippen LogP contribution in [0.15, 0.2) is 296 Å². The average Bonchev–Trinajstić information content (AvgIpc) is 3.89. The summed E-state index contributed by atoms with van der Waals surface area (Å²) in [5.41, 5.74) is 13.0. The zero-order valence-electron chi connectivity index (χ0n) is 40.3. The van der Waals surface area contributed by atoms with E-state index < -0.39 is 0 Å². The van der Waals surface area contributed by atoms with Gasteiger partial charge in [-0.05, 0) is 118 Å². The van der Waals surface area contributed by atoms with E-state index in [0.29, 0.717) is 0 Å². The van der Waals surface area contributed by atoms with Gasteiger partial charge in [-0.3, -0.25) is 0 Å². The molecule has 0 fully saturated rings. The Kier molecular flexibility index (Phi) is 13.7. The van der Waals surface area contributed by atoms with Crippen LogP contribution in [0.1, 0.15) is 22.3 Å². The van der Waals surface area contributed by atoms with E-state index in [-0.39, 0.29) is 0 Å². The van der Waals surface area contributed by atoms with Crippen LogP contribution in [-0.2, 0) is 0 Å². The molecule has 0 bridgehead atoms. The number of furan rings is 1. The molecule has 0 aliphatic carbocycles. The zero-order valence-corrected chi connectivity index (χ0v) is 40.3. The molecule has 10 aromatic carbocycles. The van der Waals surface area contributed by atoms with Gasteiger partial charge in [0.2, 0.25) is 0 Å². The third-order valence-corrected chi connectivity index (χ3v) is 12.9. The second-order valence-corrected chi connectivity index (χ2v) is 17.7. The maximum absolute atomic E-state index is 6.62. The molecule has 0 aliphatic rings. The molecule has 3 nitrogen and oxygen atoms in total. The highest BCUT2D eigenvalue weighted by atomic mass is 16.3. The van der Waals surface area contributed by atoms with Crippen molar-refractivity contribution in [2.24, 2.45) is 0 Å². The van der Waals surface area contributed by atoms with Gasteiger partial charge in [-0.2, -0.15) is 0 Å². The van der Waals surface area contributed by atoms with Crippen LogP contribution in [-0.4, -0.2) is 0 Å². The molecule has 0 saturated heterocycles. The van der Waals surface area contributed by atoms with E-state index >= 15 is 0 Å². The van der Waals surface area contributed by atoms with Crippen molar-refractivity contribution in [2.45, 2.75) is 0 Å². The van der Waals surface area contributed by atoms with Crippen molar-refractivity contribution in [1.82, 2.24) is 0 Å². The molecule has 0 amide bonds. The fourth-order valence-electron chi connectivity index (χ4n) is 9.43. The predicted octanol–water partition coefficient (Wildman–Crippen LogP) is 19.9. The third-order valence-electron chi connectivity index (χ3n) is 12.9. The second kappa shape index (κ2) is 21.9. The lowest BCUT2D eigenvalue weighted by Gasteiger charge is -2.27. The lowest BCUT2D eigenvalue weighted by molar-refractivity contribution is 0.631. The maximum atomic E-state index is 6.62. The first-order valence-electron chi connectivity index (χ1n) is 24.7. The first-order chi connectivity index (χ1) is 36.2. The molecule has 0 spiro atoms. The second-order valence-electron chi connectivity index (χ2n) is 17.7. The zero-order chi connectivity index (χ0) is 49.0. The molecular formula is C70H52N2O. The normalized spacial score (nSPS) is 12.1. The molecule has 11 aromatic rings. The Bertz CT molecular complexity index is 3820. The van der Waals surface area contributed by atoms with Gasteiger partial charge in [0.05, 0.1) is 11.4 Å². The van der Waals surface area contributed by atoms with Crippen LogP contribution in [0, 0.1) is 0 Å². The van der Waals surface area contributed by atoms with Crippen LogP contribution in [0.4, 0.5) is 34.1 Å². The average molecular weight is 937 g/mol. The Morgan fingerprint density at radius 3 is 1.18 bits per heavy atom. The lowest BCUT2D eigenvalue weighted by Crippen LogP contribution is -2.10. The Morgan fingerprint density at radius 1 is 0.288 bits per heavy atom. The molecule has 0 atom stereocenters. The van der Waals surface area contributed by atoms with Crippen molar-refractivity contribution in [3.63, 3.8) is 0 Å². The molecule has 73 heavy (non-hydrogen) atoms. The quantitative estimate of drug-likeness (QED) is 0.0955. The van der Waals surface area contributed by atoms with E-state index in [0.717, 1.165) is 72.9 Å². The largest absolute Gasteiger partial charge is 0.456 e. The van der Waals surface area contributed by atoms with Gasteiger partial charge in [0, 0.05) is 44.5 Å². The molecule has 1 heterocycles. The first kappa shape index (κ1) is 45.7. The van der Waals surface area contributed by atoms with E-state index in [1.807, 2.05) is 12.1 Å². The van der Waals surface area contributed by atoms with Gasteiger partial charge >= 0.3 is 0 Å². The fourth-order valence-corrected chi connectivity index (χ4v) is 9.43. The predicted molar refractivity (Wildman–Crippen MR) is 313 cm³/mol. The van der Waals surface area contributed by atoms with Gasteiger partial charge in [0.15, 0.2) is 0 Å². The van der Waals surface area contributed by atoms with Crippen LogP contribution < -0.4 is 9.80 Å². The van der Waals surface area contributed by atoms with E-state index in [9.17, 15) is 0 Å². The Hall–Kier alpha value is -9.70. The van der Waals surface area contributed by atoms with Crippen molar-refractivity contribution in [2.75, 3.05) is 9.80 Å². The Balaban J connectivity index is 0.879. The minimum Gasteiger partial charge on any atom is -0.456 e. The van der Waals surface area contributed by atoms with Crippen molar-refractivity contribution in [1.29, 1.82) is 0 Å². The van der Waals surface area contributed by atoms with Crippen LogP contribution in [0.25, 0.3) is 68.1 Å². The molecule has 11 rings (SSSR count). The van der Waals surface area contributed by atoms with Gasteiger partial charge < -0.3 is 14.2 Å². The summed E-state index contributed by atoms with van der Waals surface area (Å²) >= 11 is 0. The highest BCUT2D eigenvalue weighted by Crippen LogP contribution is 2.43. The Morgan fingerprint density at radius 2 is 0.685 bits per heavy atom. The van der Waals surface area contributed by atoms with Crippen LogP contribution in [0.2, 0.25) is 0 Å². The van der Waals surface area contributed by atoms with Crippen LogP contribution in [0.3, 0.4) is 0 Å². The molecule has 0 N–H and O–H groups in total. The van der Waals surface area contributed by atoms with E-state index in [4.69, 9.17) is 4.42 Å². The monoisotopic (exact) mass is 936 g/mol. The van der Waals surface area contributed by atoms with E-state index in [1.165, 1.54) is 27.3 Å². The summed E-state index contributed by atoms with van der Waals surface area (Å²) in [5, 5.41) is 5.72. The number of anilines is 6. The Labute approximate surface area is 427 Å². The standard InChI is InChI=1S/C70H52N2O/c1(9-25-53-27-11-5-12-28-53)3-15-31-55-43-48-67(65-39-23-21-37-63(55)65)71(59-33-17-7-18-34-59)61-45-41-57(42-46-61)70-52-58-51-62(47-50-69(58)73-70)72(60-35-19-8-20-36-60)68-49-44-56(64-38-22-24-40-66(64)68)32-16-4-2-10-26-54-29-13-6-14-30-54/h1-52H. The number of allylic oxidation sites excluding steroid dienone is 8. The lowest BCUT2D eigenvalue weighted by atomic mass is 10.0. The van der Waals surface area contributed by atoms with E-state index in [2.05, 4.69) is 313 Å². The molecule has 0 aliphatic heterocycles. The molecule has 3 heteroatoms. The van der Waals surface area contributed by atoms with Crippen molar-refractivity contribution < 1.29 is 4.42 Å². The summed E-state index contributed by atoms with van der Waals surface area (Å²) < 4.78 is 6.62. The van der Waals surface area contributed by atoms with Gasteiger partial charge in [0.1, 0.15) is 11.3 Å². The summed E-state index contributed by atoms with van der Waals surface area (Å²) in [6, 6.07) is 85.5. The summed E-state index contributed by atoms with van der Waals surface area (Å²) in [6.07, 6.45) is 25.2. The van der Waals surface area contributed by atoms with Crippen molar-refractivity contribution in [3.8, 4) is 11.3 Å². The molecule has 348 valence electrons. The number of benzene rings is 10. The van der Waals surface area contributed by atoms with Gasteiger partial charge in [-0.1, -0.05) is 231 Å². The first-order valence-corrected chi connectivity index (χ1v) is 24.7. The van der Waals surface area contributed by atoms with Crippen LogP contribution in [0.5, 0.6) is 0 Å². The number of hydrogen-bond acceptors (Lipinski definition) is 3. The van der Waals surface area contributed by atoms with Gasteiger partial charge in [0.25, 0.3) is 0 Å². The molecule has 0 radical (unpaired) electrons. The smallest absolute Gasteiger partial charge is 0.135 e. The maximum Gasteiger partial charge on any atom is 0.135 e.